The lowest BCUT2D eigenvalue weighted by Gasteiger charge is -2.17. The van der Waals surface area contributed by atoms with Crippen molar-refractivity contribution in [2.45, 2.75) is 19.0 Å². The van der Waals surface area contributed by atoms with Crippen molar-refractivity contribution in [3.05, 3.63) is 65.7 Å². The summed E-state index contributed by atoms with van der Waals surface area (Å²) in [6.07, 6.45) is -0.287. The molecular formula is C19H20N2O5. The van der Waals surface area contributed by atoms with Crippen LogP contribution in [0.4, 0.5) is 5.69 Å². The topological polar surface area (TPSA) is 112 Å². The minimum Gasteiger partial charge on any atom is -0.544 e. The summed E-state index contributed by atoms with van der Waals surface area (Å²) in [6.45, 7) is 0.408. The molecule has 0 aliphatic carbocycles. The third-order valence-corrected chi connectivity index (χ3v) is 3.80. The Morgan fingerprint density at radius 1 is 1.08 bits per heavy atom. The molecule has 7 nitrogen and oxygen atoms in total. The summed E-state index contributed by atoms with van der Waals surface area (Å²) < 4.78 is 4.66. The van der Waals surface area contributed by atoms with E-state index < -0.39 is 23.9 Å². The van der Waals surface area contributed by atoms with Crippen molar-refractivity contribution in [2.75, 3.05) is 12.4 Å². The van der Waals surface area contributed by atoms with Gasteiger partial charge in [0, 0.05) is 5.56 Å². The van der Waals surface area contributed by atoms with E-state index >= 15 is 0 Å². The molecule has 1 atom stereocenters. The van der Waals surface area contributed by atoms with Crippen LogP contribution in [0, 0.1) is 0 Å². The second-order valence-corrected chi connectivity index (χ2v) is 5.64. The number of anilines is 1. The van der Waals surface area contributed by atoms with Gasteiger partial charge in [-0.15, -0.1) is 0 Å². The standard InChI is InChI=1S/C19H20N2O5/c1-26-19(25)14-9-5-6-10-15(14)21-17(22)11-16(18(23)24)20-12-13-7-3-2-4-8-13/h2-10,16,20H,11-12H2,1H3,(H,21,22)(H,23,24)/t16-/m1/s1. The van der Waals surface area contributed by atoms with Crippen LogP contribution in [-0.2, 0) is 20.9 Å². The summed E-state index contributed by atoms with van der Waals surface area (Å²) >= 11 is 0. The first-order valence-electron chi connectivity index (χ1n) is 8.06. The lowest BCUT2D eigenvalue weighted by atomic mass is 10.1. The van der Waals surface area contributed by atoms with Crippen molar-refractivity contribution < 1.29 is 29.5 Å². The number of quaternary nitrogens is 1. The number of methoxy groups -OCH3 is 1. The SMILES string of the molecule is COC(=O)c1ccccc1NC(=O)C[C@@H]([NH2+]Cc1ccccc1)C(=O)[O-]. The Labute approximate surface area is 151 Å². The fourth-order valence-electron chi connectivity index (χ4n) is 2.44. The number of hydrogen-bond acceptors (Lipinski definition) is 5. The molecule has 136 valence electrons. The van der Waals surface area contributed by atoms with Gasteiger partial charge in [-0.05, 0) is 12.1 Å². The van der Waals surface area contributed by atoms with E-state index in [0.29, 0.717) is 6.54 Å². The average molecular weight is 356 g/mol. The largest absolute Gasteiger partial charge is 0.544 e. The number of ether oxygens (including phenoxy) is 1. The molecule has 0 radical (unpaired) electrons. The van der Waals surface area contributed by atoms with E-state index in [-0.39, 0.29) is 17.7 Å². The van der Waals surface area contributed by atoms with Gasteiger partial charge in [-0.1, -0.05) is 42.5 Å². The lowest BCUT2D eigenvalue weighted by molar-refractivity contribution is -0.697. The van der Waals surface area contributed by atoms with Crippen molar-refractivity contribution in [3.8, 4) is 0 Å². The highest BCUT2D eigenvalue weighted by atomic mass is 16.5. The van der Waals surface area contributed by atoms with Crippen molar-refractivity contribution in [2.24, 2.45) is 0 Å². The van der Waals surface area contributed by atoms with Gasteiger partial charge in [0.05, 0.1) is 30.8 Å². The highest BCUT2D eigenvalue weighted by Gasteiger charge is 2.20. The number of para-hydroxylation sites is 1. The zero-order valence-corrected chi connectivity index (χ0v) is 14.3. The Hall–Kier alpha value is -3.19. The zero-order valence-electron chi connectivity index (χ0n) is 14.3. The van der Waals surface area contributed by atoms with Crippen molar-refractivity contribution >= 4 is 23.5 Å². The van der Waals surface area contributed by atoms with Gasteiger partial charge in [-0.2, -0.15) is 0 Å². The van der Waals surface area contributed by atoms with E-state index in [1.807, 2.05) is 30.3 Å². The van der Waals surface area contributed by atoms with E-state index in [4.69, 9.17) is 0 Å². The van der Waals surface area contributed by atoms with E-state index in [1.54, 1.807) is 18.2 Å². The quantitative estimate of drug-likeness (QED) is 0.630. The molecule has 0 bridgehead atoms. The van der Waals surface area contributed by atoms with E-state index in [0.717, 1.165) is 5.56 Å². The van der Waals surface area contributed by atoms with Crippen molar-refractivity contribution in [1.29, 1.82) is 0 Å². The first-order valence-corrected chi connectivity index (χ1v) is 8.06. The Kier molecular flexibility index (Phi) is 6.87. The van der Waals surface area contributed by atoms with Crippen LogP contribution in [0.1, 0.15) is 22.3 Å². The molecule has 26 heavy (non-hydrogen) atoms. The summed E-state index contributed by atoms with van der Waals surface area (Å²) in [5.74, 6) is -2.44. The van der Waals surface area contributed by atoms with Crippen LogP contribution >= 0.6 is 0 Å². The number of nitrogens with two attached hydrogens (primary N) is 1. The molecule has 3 N–H and O–H groups in total. The number of carbonyl (C=O) groups is 3. The molecule has 0 unspecified atom stereocenters. The third-order valence-electron chi connectivity index (χ3n) is 3.80. The Morgan fingerprint density at radius 3 is 2.38 bits per heavy atom. The van der Waals surface area contributed by atoms with Crippen LogP contribution in [0.25, 0.3) is 0 Å². The van der Waals surface area contributed by atoms with Gasteiger partial charge < -0.3 is 25.3 Å². The molecule has 0 saturated carbocycles. The fourth-order valence-corrected chi connectivity index (χ4v) is 2.44. The van der Waals surface area contributed by atoms with Crippen LogP contribution in [0.15, 0.2) is 54.6 Å². The summed E-state index contributed by atoms with van der Waals surface area (Å²) in [5.41, 5.74) is 1.40. The highest BCUT2D eigenvalue weighted by Crippen LogP contribution is 2.16. The molecule has 0 fully saturated rings. The number of hydrogen-bond donors (Lipinski definition) is 2. The second-order valence-electron chi connectivity index (χ2n) is 5.64. The molecule has 0 aromatic heterocycles. The maximum Gasteiger partial charge on any atom is 0.339 e. The number of amides is 1. The Bertz CT molecular complexity index is 777. The molecule has 2 rings (SSSR count). The first kappa shape index (κ1) is 19.1. The molecule has 0 aliphatic rings. The van der Waals surface area contributed by atoms with Crippen LogP contribution in [-0.4, -0.2) is 31.0 Å². The minimum absolute atomic E-state index is 0.196. The van der Waals surface area contributed by atoms with Crippen molar-refractivity contribution in [1.82, 2.24) is 0 Å². The van der Waals surface area contributed by atoms with Gasteiger partial charge in [0.2, 0.25) is 5.91 Å². The van der Waals surface area contributed by atoms with Gasteiger partial charge >= 0.3 is 5.97 Å². The minimum atomic E-state index is -1.32. The monoisotopic (exact) mass is 356 g/mol. The normalized spacial score (nSPS) is 11.4. The first-order chi connectivity index (χ1) is 12.5. The smallest absolute Gasteiger partial charge is 0.339 e. The predicted molar refractivity (Wildman–Crippen MR) is 91.9 cm³/mol. The van der Waals surface area contributed by atoms with E-state index in [9.17, 15) is 19.5 Å². The number of benzene rings is 2. The summed E-state index contributed by atoms with van der Waals surface area (Å²) in [6, 6.07) is 14.6. The molecule has 2 aromatic rings. The maximum absolute atomic E-state index is 12.2. The van der Waals surface area contributed by atoms with Gasteiger partial charge in [0.25, 0.3) is 0 Å². The predicted octanol–water partition coefficient (Wildman–Crippen LogP) is -0.316. The fraction of sp³-hybridized carbons (Fsp3) is 0.211. The summed E-state index contributed by atoms with van der Waals surface area (Å²) in [4.78, 5) is 35.3. The highest BCUT2D eigenvalue weighted by molar-refractivity contribution is 6.01. The second kappa shape index (κ2) is 9.33. The average Bonchev–Trinajstić information content (AvgIpc) is 2.65. The van der Waals surface area contributed by atoms with E-state index in [1.165, 1.54) is 18.5 Å². The zero-order chi connectivity index (χ0) is 18.9. The number of carbonyl (C=O) groups excluding carboxylic acids is 3. The molecule has 2 aromatic carbocycles. The maximum atomic E-state index is 12.2. The van der Waals surface area contributed by atoms with Gasteiger partial charge in [-0.3, -0.25) is 4.79 Å². The Morgan fingerprint density at radius 2 is 1.73 bits per heavy atom. The number of rotatable bonds is 8. The molecule has 1 amide bonds. The third kappa shape index (κ3) is 5.42. The molecule has 0 heterocycles. The van der Waals surface area contributed by atoms with Crippen LogP contribution in [0.3, 0.4) is 0 Å². The number of aliphatic carboxylic acids is 1. The molecule has 7 heteroatoms. The molecular weight excluding hydrogens is 336 g/mol. The van der Waals surface area contributed by atoms with E-state index in [2.05, 4.69) is 10.1 Å². The number of nitrogens with one attached hydrogen (secondary N) is 1. The lowest BCUT2D eigenvalue weighted by Crippen LogP contribution is -2.92. The van der Waals surface area contributed by atoms with Crippen LogP contribution < -0.4 is 15.7 Å². The van der Waals surface area contributed by atoms with Gasteiger partial charge in [-0.25, -0.2) is 4.79 Å². The molecule has 0 aliphatic heterocycles. The van der Waals surface area contributed by atoms with Gasteiger partial charge in [0.15, 0.2) is 0 Å². The van der Waals surface area contributed by atoms with Crippen LogP contribution in [0.5, 0.6) is 0 Å². The Balaban J connectivity index is 2.00. The summed E-state index contributed by atoms with van der Waals surface area (Å²) in [7, 11) is 1.24. The molecule has 0 spiro atoms. The number of carboxylic acid groups (broad SMARTS) is 1. The van der Waals surface area contributed by atoms with Crippen molar-refractivity contribution in [3.63, 3.8) is 0 Å². The summed E-state index contributed by atoms with van der Waals surface area (Å²) in [5, 5.41) is 15.4. The van der Waals surface area contributed by atoms with Crippen LogP contribution in [0.2, 0.25) is 0 Å². The number of carboxylic acids is 1. The number of esters is 1. The van der Waals surface area contributed by atoms with Gasteiger partial charge in [0.1, 0.15) is 12.6 Å². The molecule has 0 saturated heterocycles.